The first-order valence-corrected chi connectivity index (χ1v) is 8.79. The maximum absolute atomic E-state index is 4.43. The predicted molar refractivity (Wildman–Crippen MR) is 105 cm³/mol. The van der Waals surface area contributed by atoms with Gasteiger partial charge in [-0.2, -0.15) is 9.78 Å². The first-order chi connectivity index (χ1) is 13.4. The van der Waals surface area contributed by atoms with Gasteiger partial charge in [-0.3, -0.25) is 0 Å². The average molecular weight is 355 g/mol. The van der Waals surface area contributed by atoms with Crippen molar-refractivity contribution in [2.24, 2.45) is 0 Å². The molecule has 4 heterocycles. The van der Waals surface area contributed by atoms with Gasteiger partial charge in [0.05, 0.1) is 11.6 Å². The normalized spacial score (nSPS) is 11.3. The van der Waals surface area contributed by atoms with Crippen molar-refractivity contribution >= 4 is 27.8 Å². The molecule has 0 saturated carbocycles. The summed E-state index contributed by atoms with van der Waals surface area (Å²) in [6.07, 6.45) is 8.03. The van der Waals surface area contributed by atoms with Crippen LogP contribution in [0.5, 0.6) is 0 Å². The van der Waals surface area contributed by atoms with Gasteiger partial charge in [0.25, 0.3) is 0 Å². The molecule has 0 fully saturated rings. The van der Waals surface area contributed by atoms with Crippen LogP contribution in [0.3, 0.4) is 0 Å². The third kappa shape index (κ3) is 2.79. The second-order valence-corrected chi connectivity index (χ2v) is 6.24. The topological polar surface area (TPSA) is 84.3 Å². The minimum atomic E-state index is 0.732. The number of nitrogens with zero attached hydrogens (tertiary/aromatic N) is 5. The summed E-state index contributed by atoms with van der Waals surface area (Å²) < 4.78 is 1.72. The lowest BCUT2D eigenvalue weighted by Gasteiger charge is -2.06. The van der Waals surface area contributed by atoms with Crippen molar-refractivity contribution in [3.05, 3.63) is 72.9 Å². The Morgan fingerprint density at radius 3 is 2.81 bits per heavy atom. The van der Waals surface area contributed by atoms with Gasteiger partial charge < -0.3 is 10.3 Å². The maximum Gasteiger partial charge on any atom is 0.170 e. The van der Waals surface area contributed by atoms with Crippen LogP contribution in [-0.2, 0) is 6.42 Å². The number of nitrogens with one attached hydrogen (secondary N) is 2. The molecule has 0 atom stereocenters. The summed E-state index contributed by atoms with van der Waals surface area (Å²) in [7, 11) is 0. The molecule has 0 amide bonds. The molecule has 1 aromatic carbocycles. The minimum absolute atomic E-state index is 0.732. The first-order valence-electron chi connectivity index (χ1n) is 8.79. The monoisotopic (exact) mass is 355 g/mol. The Morgan fingerprint density at radius 1 is 0.963 bits per heavy atom. The molecule has 0 aliphatic rings. The summed E-state index contributed by atoms with van der Waals surface area (Å²) in [5, 5.41) is 9.98. The molecule has 0 saturated heterocycles. The molecule has 5 aromatic rings. The third-order valence-corrected chi connectivity index (χ3v) is 4.59. The van der Waals surface area contributed by atoms with Crippen molar-refractivity contribution in [3.63, 3.8) is 0 Å². The molecule has 0 unspecified atom stereocenters. The molecule has 2 N–H and O–H groups in total. The number of fused-ring (bicyclic) bond motifs is 2. The SMILES string of the molecule is c1ccc(-n2ncc3c(NCCc4c[nH]c5ccccc45)ncnc32)nc1. The van der Waals surface area contributed by atoms with Crippen molar-refractivity contribution in [2.75, 3.05) is 11.9 Å². The third-order valence-electron chi connectivity index (χ3n) is 4.59. The van der Waals surface area contributed by atoms with Gasteiger partial charge >= 0.3 is 0 Å². The molecular weight excluding hydrogens is 338 g/mol. The summed E-state index contributed by atoms with van der Waals surface area (Å²) in [5.41, 5.74) is 3.18. The van der Waals surface area contributed by atoms with E-state index in [9.17, 15) is 0 Å². The highest BCUT2D eigenvalue weighted by atomic mass is 15.3. The standard InChI is InChI=1S/C20H17N7/c1-2-6-17-15(5-1)14(11-23-17)8-10-22-19-16-12-26-27(20(16)25-13-24-19)18-7-3-4-9-21-18/h1-7,9,11-13,23H,8,10H2,(H,22,24,25). The molecular formula is C20H17N7. The molecule has 7 heteroatoms. The Kier molecular flexibility index (Phi) is 3.75. The second kappa shape index (κ2) is 6.53. The lowest BCUT2D eigenvalue weighted by atomic mass is 10.1. The fraction of sp³-hybridized carbons (Fsp3) is 0.100. The van der Waals surface area contributed by atoms with E-state index in [0.717, 1.165) is 41.2 Å². The zero-order valence-corrected chi connectivity index (χ0v) is 14.5. The van der Waals surface area contributed by atoms with Crippen molar-refractivity contribution in [2.45, 2.75) is 6.42 Å². The van der Waals surface area contributed by atoms with Crippen LogP contribution in [0.1, 0.15) is 5.56 Å². The molecule has 132 valence electrons. The van der Waals surface area contributed by atoms with E-state index < -0.39 is 0 Å². The van der Waals surface area contributed by atoms with Crippen LogP contribution in [0, 0.1) is 0 Å². The van der Waals surface area contributed by atoms with Crippen LogP contribution in [0.15, 0.2) is 67.4 Å². The Labute approximate surface area is 155 Å². The predicted octanol–water partition coefficient (Wildman–Crippen LogP) is 3.35. The number of rotatable bonds is 5. The summed E-state index contributed by atoms with van der Waals surface area (Å²) in [5.74, 6) is 1.51. The number of benzene rings is 1. The van der Waals surface area contributed by atoms with Gasteiger partial charge in [0.2, 0.25) is 0 Å². The van der Waals surface area contributed by atoms with E-state index in [-0.39, 0.29) is 0 Å². The van der Waals surface area contributed by atoms with Gasteiger partial charge in [-0.1, -0.05) is 24.3 Å². The quantitative estimate of drug-likeness (QED) is 0.505. The molecule has 0 aliphatic carbocycles. The Balaban J connectivity index is 1.39. The van der Waals surface area contributed by atoms with Crippen LogP contribution >= 0.6 is 0 Å². The van der Waals surface area contributed by atoms with E-state index in [1.165, 1.54) is 10.9 Å². The van der Waals surface area contributed by atoms with E-state index in [1.807, 2.05) is 24.3 Å². The van der Waals surface area contributed by atoms with E-state index in [4.69, 9.17) is 0 Å². The van der Waals surface area contributed by atoms with Gasteiger partial charge in [0, 0.05) is 29.8 Å². The molecule has 5 rings (SSSR count). The smallest absolute Gasteiger partial charge is 0.170 e. The number of aromatic amines is 1. The summed E-state index contributed by atoms with van der Waals surface area (Å²) >= 11 is 0. The lowest BCUT2D eigenvalue weighted by Crippen LogP contribution is -2.07. The largest absolute Gasteiger partial charge is 0.369 e. The highest BCUT2D eigenvalue weighted by Gasteiger charge is 2.11. The van der Waals surface area contributed by atoms with Gasteiger partial charge in [0.15, 0.2) is 11.5 Å². The zero-order valence-electron chi connectivity index (χ0n) is 14.5. The number of pyridine rings is 1. The number of H-pyrrole nitrogens is 1. The van der Waals surface area contributed by atoms with Gasteiger partial charge in [-0.05, 0) is 30.2 Å². The molecule has 27 heavy (non-hydrogen) atoms. The van der Waals surface area contributed by atoms with E-state index in [1.54, 1.807) is 23.4 Å². The van der Waals surface area contributed by atoms with Gasteiger partial charge in [-0.25, -0.2) is 15.0 Å². The van der Waals surface area contributed by atoms with E-state index >= 15 is 0 Å². The van der Waals surface area contributed by atoms with Crippen molar-refractivity contribution < 1.29 is 0 Å². The number of para-hydroxylation sites is 1. The molecule has 0 radical (unpaired) electrons. The van der Waals surface area contributed by atoms with Crippen LogP contribution < -0.4 is 5.32 Å². The number of anilines is 1. The van der Waals surface area contributed by atoms with Crippen molar-refractivity contribution in [3.8, 4) is 5.82 Å². The Hall–Kier alpha value is -3.74. The van der Waals surface area contributed by atoms with E-state index in [2.05, 4.69) is 54.7 Å². The number of aromatic nitrogens is 6. The minimum Gasteiger partial charge on any atom is -0.369 e. The Bertz CT molecular complexity index is 1210. The van der Waals surface area contributed by atoms with Gasteiger partial charge in [0.1, 0.15) is 12.1 Å². The first kappa shape index (κ1) is 15.5. The summed E-state index contributed by atoms with van der Waals surface area (Å²) in [6, 6.07) is 14.0. The highest BCUT2D eigenvalue weighted by molar-refractivity contribution is 5.87. The van der Waals surface area contributed by atoms with E-state index in [0.29, 0.717) is 0 Å². The van der Waals surface area contributed by atoms with Crippen LogP contribution in [-0.4, -0.2) is 36.3 Å². The number of hydrogen-bond acceptors (Lipinski definition) is 5. The Morgan fingerprint density at radius 2 is 1.89 bits per heavy atom. The van der Waals surface area contributed by atoms with Crippen LogP contribution in [0.25, 0.3) is 27.8 Å². The lowest BCUT2D eigenvalue weighted by molar-refractivity contribution is 0.861. The fourth-order valence-electron chi connectivity index (χ4n) is 3.29. The average Bonchev–Trinajstić information content (AvgIpc) is 3.34. The second-order valence-electron chi connectivity index (χ2n) is 6.24. The number of hydrogen-bond donors (Lipinski definition) is 2. The van der Waals surface area contributed by atoms with Gasteiger partial charge in [-0.15, -0.1) is 0 Å². The van der Waals surface area contributed by atoms with Crippen LogP contribution in [0.4, 0.5) is 5.82 Å². The van der Waals surface area contributed by atoms with Crippen molar-refractivity contribution in [1.82, 2.24) is 29.7 Å². The highest BCUT2D eigenvalue weighted by Crippen LogP contribution is 2.22. The zero-order chi connectivity index (χ0) is 18.1. The van der Waals surface area contributed by atoms with Crippen LogP contribution in [0.2, 0.25) is 0 Å². The molecule has 0 aliphatic heterocycles. The summed E-state index contributed by atoms with van der Waals surface area (Å²) in [6.45, 7) is 0.767. The summed E-state index contributed by atoms with van der Waals surface area (Å²) in [4.78, 5) is 16.4. The maximum atomic E-state index is 4.43. The fourth-order valence-corrected chi connectivity index (χ4v) is 3.29. The molecule has 0 bridgehead atoms. The molecule has 4 aromatic heterocycles. The molecule has 0 spiro atoms. The van der Waals surface area contributed by atoms with Crippen molar-refractivity contribution in [1.29, 1.82) is 0 Å². The molecule has 7 nitrogen and oxygen atoms in total.